The molecule has 8 heavy (non-hydrogen) atoms. The van der Waals surface area contributed by atoms with Gasteiger partial charge >= 0.3 is 0 Å². The van der Waals surface area contributed by atoms with Crippen LogP contribution in [0.1, 0.15) is 6.92 Å². The van der Waals surface area contributed by atoms with Crippen molar-refractivity contribution in [2.45, 2.75) is 6.92 Å². The van der Waals surface area contributed by atoms with Gasteiger partial charge in [0.25, 0.3) is 0 Å². The summed E-state index contributed by atoms with van der Waals surface area (Å²) in [7, 11) is 0. The number of nitrogens with zero attached hydrogens (tertiary/aromatic N) is 1. The highest BCUT2D eigenvalue weighted by atomic mass is 35.5. The van der Waals surface area contributed by atoms with Gasteiger partial charge < -0.3 is 0 Å². The lowest BCUT2D eigenvalue weighted by atomic mass is 10.5. The molecule has 2 nitrogen and oxygen atoms in total. The first-order valence-corrected chi connectivity index (χ1v) is 3.01. The maximum Gasteiger partial charge on any atom is 0.119 e. The summed E-state index contributed by atoms with van der Waals surface area (Å²) in [5.74, 6) is 0. The highest BCUT2D eigenvalue weighted by Crippen LogP contribution is 2.11. The fraction of sp³-hybridized carbons (Fsp3) is 0.600. The van der Waals surface area contributed by atoms with Crippen molar-refractivity contribution in [1.82, 2.24) is 5.06 Å². The van der Waals surface area contributed by atoms with Gasteiger partial charge in [-0.3, -0.25) is 4.84 Å². The molecule has 1 heterocycles. The van der Waals surface area contributed by atoms with E-state index in [1.807, 2.05) is 13.0 Å². The molecule has 1 rings (SSSR count). The van der Waals surface area contributed by atoms with E-state index in [0.717, 1.165) is 5.70 Å². The Morgan fingerprint density at radius 3 is 3.00 bits per heavy atom. The lowest BCUT2D eigenvalue weighted by Crippen LogP contribution is -2.14. The molecular weight excluding hydrogens is 126 g/mol. The molecule has 0 aromatic carbocycles. The van der Waals surface area contributed by atoms with Gasteiger partial charge in [-0.05, 0) is 13.0 Å². The third-order valence-electron chi connectivity index (χ3n) is 1.11. The van der Waals surface area contributed by atoms with Crippen LogP contribution in [0.2, 0.25) is 0 Å². The van der Waals surface area contributed by atoms with E-state index in [2.05, 4.69) is 0 Å². The number of alkyl halides is 1. The van der Waals surface area contributed by atoms with Crippen LogP contribution in [0.5, 0.6) is 0 Å². The van der Waals surface area contributed by atoms with Crippen molar-refractivity contribution in [1.29, 1.82) is 0 Å². The average molecular weight is 134 g/mol. The largest absolute Gasteiger partial charge is 0.268 e. The molecule has 0 aromatic rings. The minimum absolute atomic E-state index is 0.419. The van der Waals surface area contributed by atoms with Crippen LogP contribution in [-0.4, -0.2) is 17.7 Å². The average Bonchev–Trinajstić information content (AvgIpc) is 2.14. The molecule has 0 amide bonds. The zero-order valence-corrected chi connectivity index (χ0v) is 5.48. The highest BCUT2D eigenvalue weighted by Gasteiger charge is 2.08. The third kappa shape index (κ3) is 0.956. The van der Waals surface area contributed by atoms with Crippen LogP contribution >= 0.6 is 11.6 Å². The summed E-state index contributed by atoms with van der Waals surface area (Å²) in [5.41, 5.74) is 1.10. The molecule has 1 aliphatic heterocycles. The first-order valence-electron chi connectivity index (χ1n) is 2.48. The fourth-order valence-electron chi connectivity index (χ4n) is 0.580. The van der Waals surface area contributed by atoms with E-state index in [1.54, 1.807) is 5.06 Å². The fourth-order valence-corrected chi connectivity index (χ4v) is 0.838. The SMILES string of the molecule is CC1=CCON1CCl. The second kappa shape index (κ2) is 2.37. The molecule has 46 valence electrons. The molecule has 3 heteroatoms. The van der Waals surface area contributed by atoms with Crippen LogP contribution in [-0.2, 0) is 4.84 Å². The zero-order valence-electron chi connectivity index (χ0n) is 4.72. The predicted octanol–water partition coefficient (Wildman–Crippen LogP) is 1.33. The van der Waals surface area contributed by atoms with E-state index >= 15 is 0 Å². The molecule has 0 saturated heterocycles. The van der Waals surface area contributed by atoms with E-state index < -0.39 is 0 Å². The molecule has 0 radical (unpaired) electrons. The summed E-state index contributed by atoms with van der Waals surface area (Å²) in [4.78, 5) is 5.02. The van der Waals surface area contributed by atoms with Gasteiger partial charge in [-0.2, -0.15) is 0 Å². The predicted molar refractivity (Wildman–Crippen MR) is 32.3 cm³/mol. The van der Waals surface area contributed by atoms with Gasteiger partial charge in [-0.25, -0.2) is 5.06 Å². The maximum absolute atomic E-state index is 5.46. The Morgan fingerprint density at radius 2 is 2.75 bits per heavy atom. The van der Waals surface area contributed by atoms with Gasteiger partial charge in [-0.15, -0.1) is 11.6 Å². The lowest BCUT2D eigenvalue weighted by Gasteiger charge is -2.12. The number of hydroxylamine groups is 2. The molecule has 0 aromatic heterocycles. The maximum atomic E-state index is 5.46. The van der Waals surface area contributed by atoms with Gasteiger partial charge in [0.2, 0.25) is 0 Å². The number of hydrogen-bond donors (Lipinski definition) is 0. The first kappa shape index (κ1) is 5.92. The Bertz CT molecular complexity index is 113. The highest BCUT2D eigenvalue weighted by molar-refractivity contribution is 6.17. The topological polar surface area (TPSA) is 12.5 Å². The van der Waals surface area contributed by atoms with Crippen molar-refractivity contribution in [3.8, 4) is 0 Å². The molecule has 0 spiro atoms. The van der Waals surface area contributed by atoms with Crippen molar-refractivity contribution >= 4 is 11.6 Å². The Labute approximate surface area is 53.6 Å². The number of allylic oxidation sites excluding steroid dienone is 1. The first-order chi connectivity index (χ1) is 3.84. The second-order valence-electron chi connectivity index (χ2n) is 1.64. The third-order valence-corrected chi connectivity index (χ3v) is 1.33. The number of halogens is 1. The quantitative estimate of drug-likeness (QED) is 0.395. The standard InChI is InChI=1S/C5H8ClNO/c1-5-2-3-8-7(5)4-6/h2H,3-4H2,1H3. The molecule has 0 bridgehead atoms. The summed E-state index contributed by atoms with van der Waals surface area (Å²) in [5, 5.41) is 1.65. The van der Waals surface area contributed by atoms with Crippen molar-refractivity contribution in [3.05, 3.63) is 11.8 Å². The van der Waals surface area contributed by atoms with Crippen LogP contribution in [0.4, 0.5) is 0 Å². The molecule has 0 atom stereocenters. The van der Waals surface area contributed by atoms with Crippen molar-refractivity contribution in [2.75, 3.05) is 12.6 Å². The van der Waals surface area contributed by atoms with Crippen molar-refractivity contribution in [3.63, 3.8) is 0 Å². The molecule has 1 aliphatic rings. The molecule has 0 N–H and O–H groups in total. The minimum atomic E-state index is 0.419. The van der Waals surface area contributed by atoms with Crippen LogP contribution in [0.15, 0.2) is 11.8 Å². The monoisotopic (exact) mass is 133 g/mol. The Kier molecular flexibility index (Phi) is 1.76. The van der Waals surface area contributed by atoms with E-state index in [0.29, 0.717) is 12.6 Å². The smallest absolute Gasteiger partial charge is 0.119 e. The summed E-state index contributed by atoms with van der Waals surface area (Å²) in [6.45, 7) is 2.63. The summed E-state index contributed by atoms with van der Waals surface area (Å²) < 4.78 is 0. The van der Waals surface area contributed by atoms with Crippen LogP contribution < -0.4 is 0 Å². The van der Waals surface area contributed by atoms with Crippen LogP contribution in [0, 0.1) is 0 Å². The molecule has 0 unspecified atom stereocenters. The van der Waals surface area contributed by atoms with Crippen molar-refractivity contribution in [2.24, 2.45) is 0 Å². The Morgan fingerprint density at radius 1 is 2.00 bits per heavy atom. The molecule has 0 fully saturated rings. The van der Waals surface area contributed by atoms with Crippen LogP contribution in [0.3, 0.4) is 0 Å². The summed E-state index contributed by atoms with van der Waals surface area (Å²) in [6, 6.07) is 0.419. The minimum Gasteiger partial charge on any atom is -0.268 e. The second-order valence-corrected chi connectivity index (χ2v) is 1.88. The lowest BCUT2D eigenvalue weighted by molar-refractivity contribution is -0.0843. The Balaban J connectivity index is 2.46. The molecule has 0 saturated carbocycles. The molecular formula is C5H8ClNO. The number of rotatable bonds is 1. The van der Waals surface area contributed by atoms with E-state index in [9.17, 15) is 0 Å². The van der Waals surface area contributed by atoms with Gasteiger partial charge in [0, 0.05) is 5.70 Å². The zero-order chi connectivity index (χ0) is 5.98. The van der Waals surface area contributed by atoms with Crippen molar-refractivity contribution < 1.29 is 4.84 Å². The van der Waals surface area contributed by atoms with Gasteiger partial charge in [0.1, 0.15) is 6.00 Å². The van der Waals surface area contributed by atoms with Gasteiger partial charge in [-0.1, -0.05) is 0 Å². The van der Waals surface area contributed by atoms with Gasteiger partial charge in [0.15, 0.2) is 0 Å². The summed E-state index contributed by atoms with van der Waals surface area (Å²) in [6.07, 6.45) is 1.99. The van der Waals surface area contributed by atoms with E-state index in [-0.39, 0.29) is 0 Å². The normalized spacial score (nSPS) is 19.2. The number of hydrogen-bond acceptors (Lipinski definition) is 2. The van der Waals surface area contributed by atoms with Crippen LogP contribution in [0.25, 0.3) is 0 Å². The van der Waals surface area contributed by atoms with E-state index in [4.69, 9.17) is 16.4 Å². The summed E-state index contributed by atoms with van der Waals surface area (Å²) >= 11 is 5.46. The molecule has 0 aliphatic carbocycles. The van der Waals surface area contributed by atoms with E-state index in [1.165, 1.54) is 0 Å². The van der Waals surface area contributed by atoms with Gasteiger partial charge in [0.05, 0.1) is 6.61 Å². The Hall–Kier alpha value is -0.210.